The Labute approximate surface area is 207 Å². The number of hydrogen-bond acceptors (Lipinski definition) is 5. The van der Waals surface area contributed by atoms with E-state index in [4.69, 9.17) is 27.9 Å². The summed E-state index contributed by atoms with van der Waals surface area (Å²) in [5, 5.41) is 21.5. The van der Waals surface area contributed by atoms with E-state index in [0.29, 0.717) is 27.0 Å². The van der Waals surface area contributed by atoms with E-state index in [0.717, 1.165) is 0 Å². The van der Waals surface area contributed by atoms with Crippen molar-refractivity contribution in [2.24, 2.45) is 0 Å². The molecule has 33 heavy (non-hydrogen) atoms. The minimum absolute atomic E-state index is 0.0144. The molecule has 1 atom stereocenters. The number of rotatable bonds is 4. The van der Waals surface area contributed by atoms with Crippen LogP contribution in [-0.2, 0) is 9.59 Å². The third kappa shape index (κ3) is 4.31. The summed E-state index contributed by atoms with van der Waals surface area (Å²) in [5.41, 5.74) is 0.993. The maximum absolute atomic E-state index is 13.2. The van der Waals surface area contributed by atoms with Gasteiger partial charge in [0.15, 0.2) is 0 Å². The maximum atomic E-state index is 13.2. The van der Waals surface area contributed by atoms with E-state index in [1.54, 1.807) is 30.3 Å². The molecule has 0 bridgehead atoms. The number of aliphatic hydroxyl groups excluding tert-OH is 1. The monoisotopic (exact) mass is 547 g/mol. The number of ether oxygens (including phenoxy) is 1. The van der Waals surface area contributed by atoms with Gasteiger partial charge in [-0.05, 0) is 70.0 Å². The Morgan fingerprint density at radius 3 is 2.21 bits per heavy atom. The summed E-state index contributed by atoms with van der Waals surface area (Å²) < 4.78 is 5.78. The quantitative estimate of drug-likeness (QED) is 0.234. The van der Waals surface area contributed by atoms with Crippen molar-refractivity contribution < 1.29 is 24.5 Å². The number of hydrogen-bond donors (Lipinski definition) is 2. The van der Waals surface area contributed by atoms with Crippen LogP contribution >= 0.6 is 39.1 Å². The molecule has 2 N–H and O–H groups in total. The molecule has 1 amide bonds. The highest BCUT2D eigenvalue weighted by molar-refractivity contribution is 9.10. The standard InChI is InChI=1S/C24H16BrCl2NO5/c1-33-19-7-4-13(8-18(19)25)22(30)20-21(12-2-5-17(29)6-3-12)28(24(32)23(20)31)16-10-14(26)9-15(27)11-16/h2-11,21,29-30H,1H3/b22-20+. The molecular weight excluding hydrogens is 533 g/mol. The molecule has 1 aliphatic heterocycles. The van der Waals surface area contributed by atoms with Crippen molar-refractivity contribution in [2.45, 2.75) is 6.04 Å². The lowest BCUT2D eigenvalue weighted by atomic mass is 9.95. The van der Waals surface area contributed by atoms with Crippen molar-refractivity contribution in [3.05, 3.63) is 91.9 Å². The van der Waals surface area contributed by atoms with Crippen molar-refractivity contribution >= 4 is 62.3 Å². The SMILES string of the molecule is COc1ccc(/C(O)=C2\C(=O)C(=O)N(c3cc(Cl)cc(Cl)c3)C2c2ccc(O)cc2)cc1Br. The van der Waals surface area contributed by atoms with Crippen molar-refractivity contribution in [1.82, 2.24) is 0 Å². The normalized spacial score (nSPS) is 17.5. The number of Topliss-reactive ketones (excluding diaryl/α,β-unsaturated/α-hetero) is 1. The number of aliphatic hydroxyl groups is 1. The lowest BCUT2D eigenvalue weighted by Gasteiger charge is -2.26. The smallest absolute Gasteiger partial charge is 0.300 e. The zero-order valence-corrected chi connectivity index (χ0v) is 20.1. The van der Waals surface area contributed by atoms with Crippen molar-refractivity contribution in [2.75, 3.05) is 12.0 Å². The molecule has 168 valence electrons. The van der Waals surface area contributed by atoms with Gasteiger partial charge in [0.2, 0.25) is 0 Å². The molecule has 1 aliphatic rings. The molecule has 0 saturated carbocycles. The van der Waals surface area contributed by atoms with E-state index in [1.807, 2.05) is 0 Å². The van der Waals surface area contributed by atoms with Crippen LogP contribution in [0, 0.1) is 0 Å². The highest BCUT2D eigenvalue weighted by Gasteiger charge is 2.47. The Kier molecular flexibility index (Phi) is 6.38. The molecule has 1 unspecified atom stereocenters. The van der Waals surface area contributed by atoms with Gasteiger partial charge in [0.1, 0.15) is 17.3 Å². The van der Waals surface area contributed by atoms with Gasteiger partial charge in [-0.2, -0.15) is 0 Å². The zero-order chi connectivity index (χ0) is 23.9. The number of amides is 1. The van der Waals surface area contributed by atoms with Crippen LogP contribution < -0.4 is 9.64 Å². The molecule has 1 heterocycles. The minimum atomic E-state index is -0.985. The van der Waals surface area contributed by atoms with Crippen LogP contribution in [0.15, 0.2) is 70.7 Å². The fourth-order valence-corrected chi connectivity index (χ4v) is 4.77. The van der Waals surface area contributed by atoms with Crippen LogP contribution in [0.25, 0.3) is 5.76 Å². The molecule has 3 aromatic rings. The molecule has 0 radical (unpaired) electrons. The van der Waals surface area contributed by atoms with Crippen LogP contribution in [-0.4, -0.2) is 29.0 Å². The number of aromatic hydroxyl groups is 1. The van der Waals surface area contributed by atoms with Gasteiger partial charge in [-0.15, -0.1) is 0 Å². The summed E-state index contributed by atoms with van der Waals surface area (Å²) in [4.78, 5) is 27.6. The third-order valence-corrected chi connectivity index (χ3v) is 6.26. The predicted molar refractivity (Wildman–Crippen MR) is 130 cm³/mol. The lowest BCUT2D eigenvalue weighted by Crippen LogP contribution is -2.29. The summed E-state index contributed by atoms with van der Waals surface area (Å²) >= 11 is 15.7. The van der Waals surface area contributed by atoms with E-state index < -0.39 is 17.7 Å². The molecule has 1 fully saturated rings. The average molecular weight is 549 g/mol. The van der Waals surface area contributed by atoms with E-state index >= 15 is 0 Å². The largest absolute Gasteiger partial charge is 0.508 e. The van der Waals surface area contributed by atoms with Gasteiger partial charge in [0, 0.05) is 21.3 Å². The topological polar surface area (TPSA) is 87.1 Å². The predicted octanol–water partition coefficient (Wildman–Crippen LogP) is 6.10. The molecule has 0 aromatic heterocycles. The third-order valence-electron chi connectivity index (χ3n) is 5.20. The summed E-state index contributed by atoms with van der Waals surface area (Å²) in [6.07, 6.45) is 0. The first kappa shape index (κ1) is 23.2. The van der Waals surface area contributed by atoms with Crippen molar-refractivity contribution in [1.29, 1.82) is 0 Å². The van der Waals surface area contributed by atoms with E-state index in [1.165, 1.54) is 42.3 Å². The number of phenolic OH excluding ortho intramolecular Hbond substituents is 1. The van der Waals surface area contributed by atoms with Gasteiger partial charge in [-0.1, -0.05) is 35.3 Å². The number of ketones is 1. The molecule has 9 heteroatoms. The highest BCUT2D eigenvalue weighted by atomic mass is 79.9. The summed E-state index contributed by atoms with van der Waals surface area (Å²) in [6, 6.07) is 14.4. The Bertz CT molecular complexity index is 1290. The second kappa shape index (κ2) is 9.09. The fraction of sp³-hybridized carbons (Fsp3) is 0.0833. The number of carbonyl (C=O) groups is 2. The van der Waals surface area contributed by atoms with E-state index in [2.05, 4.69) is 15.9 Å². The van der Waals surface area contributed by atoms with Gasteiger partial charge in [0.05, 0.1) is 23.2 Å². The van der Waals surface area contributed by atoms with Crippen molar-refractivity contribution in [3.8, 4) is 11.5 Å². The summed E-state index contributed by atoms with van der Waals surface area (Å²) in [5.74, 6) is -1.52. The van der Waals surface area contributed by atoms with Gasteiger partial charge >= 0.3 is 0 Å². The van der Waals surface area contributed by atoms with Crippen LogP contribution in [0.4, 0.5) is 5.69 Å². The Hall–Kier alpha value is -3.00. The van der Waals surface area contributed by atoms with Gasteiger partial charge in [-0.25, -0.2) is 0 Å². The molecule has 6 nitrogen and oxygen atoms in total. The number of benzene rings is 3. The summed E-state index contributed by atoms with van der Waals surface area (Å²) in [6.45, 7) is 0. The number of halogens is 3. The minimum Gasteiger partial charge on any atom is -0.508 e. The summed E-state index contributed by atoms with van der Waals surface area (Å²) in [7, 11) is 1.51. The first-order chi connectivity index (χ1) is 15.7. The van der Waals surface area contributed by atoms with Crippen LogP contribution in [0.2, 0.25) is 10.0 Å². The molecule has 4 rings (SSSR count). The molecule has 0 spiro atoms. The zero-order valence-electron chi connectivity index (χ0n) is 17.1. The maximum Gasteiger partial charge on any atom is 0.300 e. The first-order valence-electron chi connectivity index (χ1n) is 9.61. The fourth-order valence-electron chi connectivity index (χ4n) is 3.72. The highest BCUT2D eigenvalue weighted by Crippen LogP contribution is 2.44. The first-order valence-corrected chi connectivity index (χ1v) is 11.2. The molecule has 3 aromatic carbocycles. The van der Waals surface area contributed by atoms with E-state index in [9.17, 15) is 19.8 Å². The van der Waals surface area contributed by atoms with Gasteiger partial charge < -0.3 is 14.9 Å². The van der Waals surface area contributed by atoms with Gasteiger partial charge in [-0.3, -0.25) is 14.5 Å². The molecule has 1 saturated heterocycles. The number of anilines is 1. The second-order valence-corrected chi connectivity index (χ2v) is 8.96. The molecule has 0 aliphatic carbocycles. The van der Waals surface area contributed by atoms with Gasteiger partial charge in [0.25, 0.3) is 11.7 Å². The number of methoxy groups -OCH3 is 1. The number of phenols is 1. The van der Waals surface area contributed by atoms with Crippen LogP contribution in [0.1, 0.15) is 17.2 Å². The van der Waals surface area contributed by atoms with Crippen molar-refractivity contribution in [3.63, 3.8) is 0 Å². The number of carbonyl (C=O) groups excluding carboxylic acids is 2. The average Bonchev–Trinajstić information content (AvgIpc) is 3.03. The van der Waals surface area contributed by atoms with E-state index in [-0.39, 0.29) is 27.1 Å². The molecular formula is C24H16BrCl2NO5. The van der Waals surface area contributed by atoms with Crippen LogP contribution in [0.3, 0.4) is 0 Å². The van der Waals surface area contributed by atoms with Crippen LogP contribution in [0.5, 0.6) is 11.5 Å². The Balaban J connectivity index is 1.96. The number of nitrogens with zero attached hydrogens (tertiary/aromatic N) is 1. The lowest BCUT2D eigenvalue weighted by molar-refractivity contribution is -0.132. The second-order valence-electron chi connectivity index (χ2n) is 7.24. The Morgan fingerprint density at radius 1 is 1.00 bits per heavy atom. The Morgan fingerprint density at radius 2 is 1.64 bits per heavy atom.